The molecule has 4 atom stereocenters. The normalized spacial score (nSPS) is 46.2. The van der Waals surface area contributed by atoms with Crippen molar-refractivity contribution in [1.82, 2.24) is 0 Å². The zero-order valence-electron chi connectivity index (χ0n) is 6.58. The van der Waals surface area contributed by atoms with Crippen LogP contribution in [0.15, 0.2) is 0 Å². The van der Waals surface area contributed by atoms with Gasteiger partial charge in [0, 0.05) is 0 Å². The number of hydrogen-bond donors (Lipinski definition) is 3. The molecule has 0 aromatic rings. The van der Waals surface area contributed by atoms with Crippen molar-refractivity contribution in [2.24, 2.45) is 0 Å². The molecule has 0 aromatic carbocycles. The number of aliphatic hydroxyl groups excluding tert-OH is 3. The van der Waals surface area contributed by atoms with Gasteiger partial charge in [0.15, 0.2) is 9.84 Å². The van der Waals surface area contributed by atoms with Gasteiger partial charge >= 0.3 is 0 Å². The first-order valence-electron chi connectivity index (χ1n) is 3.62. The quantitative estimate of drug-likeness (QED) is 0.376. The third kappa shape index (κ3) is 1.17. The van der Waals surface area contributed by atoms with E-state index in [4.69, 9.17) is 10.2 Å². The molecule has 3 N–H and O–H groups in total. The van der Waals surface area contributed by atoms with E-state index >= 15 is 0 Å². The molecule has 5 nitrogen and oxygen atoms in total. The first-order chi connectivity index (χ1) is 5.42. The fraction of sp³-hybridized carbons (Fsp3) is 1.00. The number of hydrogen-bond acceptors (Lipinski definition) is 5. The van der Waals surface area contributed by atoms with Gasteiger partial charge in [-0.25, -0.2) is 8.42 Å². The zero-order valence-corrected chi connectivity index (χ0v) is 7.40. The average Bonchev–Trinajstić information content (AvgIpc) is 2.13. The van der Waals surface area contributed by atoms with Gasteiger partial charge in [-0.1, -0.05) is 0 Å². The molecule has 0 saturated carbocycles. The summed E-state index contributed by atoms with van der Waals surface area (Å²) in [5.41, 5.74) is 0. The lowest BCUT2D eigenvalue weighted by Crippen LogP contribution is -2.34. The Labute approximate surface area is 71.4 Å². The van der Waals surface area contributed by atoms with Crippen molar-refractivity contribution in [3.05, 3.63) is 0 Å². The largest absolute Gasteiger partial charge is 0.395 e. The molecule has 1 aliphatic rings. The lowest BCUT2D eigenvalue weighted by Gasteiger charge is -2.10. The molecule has 1 unspecified atom stereocenters. The molecule has 0 aliphatic carbocycles. The molecule has 1 aliphatic heterocycles. The minimum atomic E-state index is -3.56. The molecule has 1 rings (SSSR count). The van der Waals surface area contributed by atoms with Crippen LogP contribution in [0.5, 0.6) is 0 Å². The SMILES string of the molecule is B[C@H]1[C@@H](O)C(O)[C@@H](CO)S1(=O)=O. The van der Waals surface area contributed by atoms with Crippen molar-refractivity contribution >= 4 is 17.7 Å². The Hall–Kier alpha value is -0.105. The van der Waals surface area contributed by atoms with E-state index in [1.165, 1.54) is 7.85 Å². The molecule has 1 saturated heterocycles. The monoisotopic (exact) mass is 194 g/mol. The molecule has 0 spiro atoms. The highest BCUT2D eigenvalue weighted by Gasteiger charge is 2.50. The maximum absolute atomic E-state index is 11.3. The van der Waals surface area contributed by atoms with Crippen molar-refractivity contribution in [2.75, 3.05) is 6.61 Å². The van der Waals surface area contributed by atoms with Crippen LogP contribution in [-0.2, 0) is 9.84 Å². The second kappa shape index (κ2) is 2.99. The number of aliphatic hydroxyl groups is 3. The maximum atomic E-state index is 11.3. The Morgan fingerprint density at radius 3 is 1.92 bits per heavy atom. The summed E-state index contributed by atoms with van der Waals surface area (Å²) in [6.45, 7) is -0.648. The van der Waals surface area contributed by atoms with Gasteiger partial charge in [-0.05, 0) is 0 Å². The smallest absolute Gasteiger partial charge is 0.155 e. The molecular weight excluding hydrogens is 183 g/mol. The third-order valence-electron chi connectivity index (χ3n) is 2.33. The van der Waals surface area contributed by atoms with Crippen molar-refractivity contribution in [2.45, 2.75) is 22.6 Å². The van der Waals surface area contributed by atoms with Gasteiger partial charge in [0.05, 0.1) is 24.0 Å². The van der Waals surface area contributed by atoms with Crippen LogP contribution < -0.4 is 0 Å². The van der Waals surface area contributed by atoms with Gasteiger partial charge in [-0.15, -0.1) is 0 Å². The lowest BCUT2D eigenvalue weighted by molar-refractivity contribution is 0.0282. The van der Waals surface area contributed by atoms with E-state index in [0.717, 1.165) is 0 Å². The van der Waals surface area contributed by atoms with Crippen molar-refractivity contribution in [1.29, 1.82) is 0 Å². The van der Waals surface area contributed by atoms with Crippen LogP contribution in [0, 0.1) is 0 Å². The van der Waals surface area contributed by atoms with Crippen LogP contribution in [0.4, 0.5) is 0 Å². The standard InChI is InChI=1S/C5H11BO5S/c6-5-4(9)3(8)2(1-7)12(5,10)11/h2-5,7-9H,1,6H2/t2-,3?,4+,5-/m1/s1. The summed E-state index contributed by atoms with van der Waals surface area (Å²) in [4.78, 5) is 0. The van der Waals surface area contributed by atoms with Crippen LogP contribution in [0.25, 0.3) is 0 Å². The van der Waals surface area contributed by atoms with E-state index in [0.29, 0.717) is 0 Å². The minimum Gasteiger partial charge on any atom is -0.395 e. The minimum absolute atomic E-state index is 0.648. The van der Waals surface area contributed by atoms with Gasteiger partial charge < -0.3 is 15.3 Å². The Bertz CT molecular complexity index is 263. The van der Waals surface area contributed by atoms with Gasteiger partial charge in [0.25, 0.3) is 0 Å². The molecule has 0 aromatic heterocycles. The van der Waals surface area contributed by atoms with Gasteiger partial charge in [0.1, 0.15) is 13.1 Å². The molecule has 0 radical (unpaired) electrons. The van der Waals surface area contributed by atoms with Crippen LogP contribution >= 0.6 is 0 Å². The summed E-state index contributed by atoms with van der Waals surface area (Å²) in [5, 5.41) is 24.8. The highest BCUT2D eigenvalue weighted by atomic mass is 32.2. The van der Waals surface area contributed by atoms with Crippen molar-refractivity contribution < 1.29 is 23.7 Å². The summed E-state index contributed by atoms with van der Waals surface area (Å²) >= 11 is 0. The average molecular weight is 194 g/mol. The van der Waals surface area contributed by atoms with Gasteiger partial charge in [0.2, 0.25) is 0 Å². The van der Waals surface area contributed by atoms with E-state index < -0.39 is 39.1 Å². The zero-order chi connectivity index (χ0) is 9.52. The molecule has 12 heavy (non-hydrogen) atoms. The molecule has 0 amide bonds. The van der Waals surface area contributed by atoms with Crippen LogP contribution in [0.1, 0.15) is 0 Å². The summed E-state index contributed by atoms with van der Waals surface area (Å²) in [5.74, 6) is 0. The third-order valence-corrected chi connectivity index (χ3v) is 4.92. The maximum Gasteiger partial charge on any atom is 0.155 e. The van der Waals surface area contributed by atoms with Gasteiger partial charge in [-0.2, -0.15) is 0 Å². The van der Waals surface area contributed by atoms with Crippen LogP contribution in [-0.4, -0.2) is 60.8 Å². The molecule has 0 bridgehead atoms. The Morgan fingerprint density at radius 2 is 1.75 bits per heavy atom. The summed E-state index contributed by atoms with van der Waals surface area (Å²) in [6.07, 6.45) is -2.65. The second-order valence-electron chi connectivity index (χ2n) is 3.00. The Kier molecular flexibility index (Phi) is 2.48. The predicted molar refractivity (Wildman–Crippen MR) is 44.1 cm³/mol. The Balaban J connectivity index is 3.05. The van der Waals surface area contributed by atoms with Crippen molar-refractivity contribution in [3.63, 3.8) is 0 Å². The predicted octanol–water partition coefficient (Wildman–Crippen LogP) is -3.54. The fourth-order valence-electron chi connectivity index (χ4n) is 1.37. The highest BCUT2D eigenvalue weighted by molar-refractivity contribution is 7.94. The molecule has 7 heteroatoms. The number of sulfone groups is 1. The van der Waals surface area contributed by atoms with E-state index in [2.05, 4.69) is 0 Å². The van der Waals surface area contributed by atoms with E-state index in [1.807, 2.05) is 0 Å². The Morgan fingerprint density at radius 1 is 1.25 bits per heavy atom. The summed E-state index contributed by atoms with van der Waals surface area (Å²) in [7, 11) is -2.25. The highest BCUT2D eigenvalue weighted by Crippen LogP contribution is 2.25. The first kappa shape index (κ1) is 9.98. The van der Waals surface area contributed by atoms with E-state index in [-0.39, 0.29) is 0 Å². The fourth-order valence-corrected chi connectivity index (χ4v) is 3.23. The van der Waals surface area contributed by atoms with Crippen LogP contribution in [0.3, 0.4) is 0 Å². The lowest BCUT2D eigenvalue weighted by atomic mass is 9.94. The van der Waals surface area contributed by atoms with Crippen molar-refractivity contribution in [3.8, 4) is 0 Å². The first-order valence-corrected chi connectivity index (χ1v) is 5.23. The van der Waals surface area contributed by atoms with Gasteiger partial charge in [-0.3, -0.25) is 0 Å². The summed E-state index contributed by atoms with van der Waals surface area (Å²) in [6, 6.07) is 0. The van der Waals surface area contributed by atoms with Crippen LogP contribution in [0.2, 0.25) is 0 Å². The second-order valence-corrected chi connectivity index (χ2v) is 5.52. The molecule has 70 valence electrons. The molecule has 1 fully saturated rings. The van der Waals surface area contributed by atoms with E-state index in [1.54, 1.807) is 0 Å². The summed E-state index contributed by atoms with van der Waals surface area (Å²) < 4.78 is 22.5. The molecular formula is C5H11BO5S. The number of rotatable bonds is 1. The molecule has 1 heterocycles. The topological polar surface area (TPSA) is 94.8 Å². The van der Waals surface area contributed by atoms with E-state index in [9.17, 15) is 13.5 Å².